The first-order chi connectivity index (χ1) is 6.33. The molecule has 1 fully saturated rings. The van der Waals surface area contributed by atoms with E-state index in [4.69, 9.17) is 0 Å². The minimum Gasteiger partial charge on any atom is -0.333 e. The zero-order valence-electron chi connectivity index (χ0n) is 10.1. The Morgan fingerprint density at radius 2 is 1.85 bits per heavy atom. The predicted molar refractivity (Wildman–Crippen MR) is 62.0 cm³/mol. The second-order valence-corrected chi connectivity index (χ2v) is 3.18. The fraction of sp³-hybridized carbons (Fsp3) is 1.00. The first-order valence-electron chi connectivity index (χ1n) is 5.59. The third kappa shape index (κ3) is 8.26. The molecule has 1 unspecified atom stereocenters. The quantitative estimate of drug-likeness (QED) is 0.684. The summed E-state index contributed by atoms with van der Waals surface area (Å²) in [4.78, 5) is 2.44. The van der Waals surface area contributed by atoms with Gasteiger partial charge in [-0.25, -0.2) is 0 Å². The maximum absolute atomic E-state index is 4.50. The highest BCUT2D eigenvalue weighted by Crippen LogP contribution is 2.17. The third-order valence-electron chi connectivity index (χ3n) is 2.30. The van der Waals surface area contributed by atoms with E-state index >= 15 is 0 Å². The van der Waals surface area contributed by atoms with Crippen molar-refractivity contribution in [2.24, 2.45) is 11.7 Å². The van der Waals surface area contributed by atoms with E-state index in [1.165, 1.54) is 39.4 Å². The van der Waals surface area contributed by atoms with Gasteiger partial charge in [0, 0.05) is 6.54 Å². The molecular weight excluding hydrogens is 160 g/mol. The van der Waals surface area contributed by atoms with Crippen molar-refractivity contribution in [3.63, 3.8) is 0 Å². The molecular formula is C11H28N2. The van der Waals surface area contributed by atoms with Gasteiger partial charge in [0.05, 0.1) is 0 Å². The van der Waals surface area contributed by atoms with Crippen molar-refractivity contribution in [2.45, 2.75) is 40.0 Å². The smallest absolute Gasteiger partial charge is 0.000651 e. The van der Waals surface area contributed by atoms with E-state index in [-0.39, 0.29) is 0 Å². The van der Waals surface area contributed by atoms with Gasteiger partial charge in [0.15, 0.2) is 0 Å². The predicted octanol–water partition coefficient (Wildman–Crippen LogP) is 2.34. The molecule has 1 atom stereocenters. The Bertz CT molecular complexity index is 84.2. The fourth-order valence-corrected chi connectivity index (χ4v) is 1.61. The summed E-state index contributed by atoms with van der Waals surface area (Å²) in [5.41, 5.74) is 4.50. The van der Waals surface area contributed by atoms with Crippen molar-refractivity contribution in [1.29, 1.82) is 0 Å². The molecule has 0 bridgehead atoms. The van der Waals surface area contributed by atoms with Gasteiger partial charge in [0.2, 0.25) is 0 Å². The summed E-state index contributed by atoms with van der Waals surface area (Å²) in [5, 5.41) is 0. The molecule has 1 aliphatic heterocycles. The minimum atomic E-state index is 0.990. The van der Waals surface area contributed by atoms with Crippen molar-refractivity contribution in [3.05, 3.63) is 0 Å². The van der Waals surface area contributed by atoms with Crippen LogP contribution < -0.4 is 5.73 Å². The zero-order valence-corrected chi connectivity index (χ0v) is 10.1. The number of hydrogen-bond donors (Lipinski definition) is 1. The highest BCUT2D eigenvalue weighted by atomic mass is 15.1. The van der Waals surface area contributed by atoms with Crippen molar-refractivity contribution in [3.8, 4) is 0 Å². The second-order valence-electron chi connectivity index (χ2n) is 3.18. The van der Waals surface area contributed by atoms with Gasteiger partial charge in [-0.2, -0.15) is 0 Å². The summed E-state index contributed by atoms with van der Waals surface area (Å²) < 4.78 is 0. The molecule has 0 amide bonds. The lowest BCUT2D eigenvalue weighted by Gasteiger charge is -2.28. The molecule has 0 aliphatic carbocycles. The van der Waals surface area contributed by atoms with Crippen molar-refractivity contribution in [1.82, 2.24) is 4.90 Å². The number of rotatable bonds is 1. The lowest BCUT2D eigenvalue weighted by Crippen LogP contribution is -2.31. The van der Waals surface area contributed by atoms with Crippen molar-refractivity contribution >= 4 is 0 Å². The molecule has 0 aromatic rings. The lowest BCUT2D eigenvalue weighted by atomic mass is 9.96. The van der Waals surface area contributed by atoms with E-state index in [1.54, 1.807) is 0 Å². The number of piperidine rings is 1. The van der Waals surface area contributed by atoms with Gasteiger partial charge in [-0.15, -0.1) is 0 Å². The summed E-state index contributed by atoms with van der Waals surface area (Å²) in [6.45, 7) is 8.94. The molecule has 2 N–H and O–H groups in total. The summed E-state index contributed by atoms with van der Waals surface area (Å²) in [7, 11) is 3.72. The Morgan fingerprint density at radius 3 is 2.15 bits per heavy atom. The van der Waals surface area contributed by atoms with Crippen molar-refractivity contribution < 1.29 is 0 Å². The highest BCUT2D eigenvalue weighted by molar-refractivity contribution is 4.68. The Balaban J connectivity index is 0. The average molecular weight is 188 g/mol. The second kappa shape index (κ2) is 11.9. The first kappa shape index (κ1) is 15.4. The number of hydrogen-bond acceptors (Lipinski definition) is 2. The van der Waals surface area contributed by atoms with Crippen LogP contribution in [0.5, 0.6) is 0 Å². The monoisotopic (exact) mass is 188 g/mol. The maximum atomic E-state index is 4.50. The van der Waals surface area contributed by atoms with Gasteiger partial charge in [-0.05, 0) is 39.4 Å². The SMILES string of the molecule is CC.CCC1CCCN(C)C1.CN. The number of nitrogens with zero attached hydrogens (tertiary/aromatic N) is 1. The minimum absolute atomic E-state index is 0.990. The molecule has 2 heteroatoms. The largest absolute Gasteiger partial charge is 0.333 e. The average Bonchev–Trinajstić information content (AvgIpc) is 2.24. The molecule has 0 aromatic heterocycles. The number of nitrogens with two attached hydrogens (primary N) is 1. The van der Waals surface area contributed by atoms with E-state index in [2.05, 4.69) is 24.6 Å². The van der Waals surface area contributed by atoms with Crippen LogP contribution in [0.4, 0.5) is 0 Å². The fourth-order valence-electron chi connectivity index (χ4n) is 1.61. The standard InChI is InChI=1S/C8H17N.C2H6.CH5N/c1-3-8-5-4-6-9(2)7-8;2*1-2/h8H,3-7H2,1-2H3;1-2H3;2H2,1H3. The zero-order chi connectivity index (χ0) is 10.7. The lowest BCUT2D eigenvalue weighted by molar-refractivity contribution is 0.206. The van der Waals surface area contributed by atoms with Gasteiger partial charge < -0.3 is 10.6 Å². The molecule has 2 nitrogen and oxygen atoms in total. The first-order valence-corrected chi connectivity index (χ1v) is 5.59. The Morgan fingerprint density at radius 1 is 1.31 bits per heavy atom. The Kier molecular flexibility index (Phi) is 14.1. The normalized spacial score (nSPS) is 22.2. The van der Waals surface area contributed by atoms with Crippen LogP contribution in [0.1, 0.15) is 40.0 Å². The Labute approximate surface area is 84.5 Å². The molecule has 0 aromatic carbocycles. The summed E-state index contributed by atoms with van der Waals surface area (Å²) in [6.07, 6.45) is 4.24. The van der Waals surface area contributed by atoms with E-state index in [9.17, 15) is 0 Å². The van der Waals surface area contributed by atoms with E-state index in [1.807, 2.05) is 13.8 Å². The van der Waals surface area contributed by atoms with Crippen LogP contribution in [-0.4, -0.2) is 32.1 Å². The van der Waals surface area contributed by atoms with Crippen LogP contribution in [0.25, 0.3) is 0 Å². The highest BCUT2D eigenvalue weighted by Gasteiger charge is 2.14. The molecule has 1 heterocycles. The van der Waals surface area contributed by atoms with Gasteiger partial charge in [0.25, 0.3) is 0 Å². The maximum Gasteiger partial charge on any atom is 0.000651 e. The Hall–Kier alpha value is -0.0800. The van der Waals surface area contributed by atoms with Crippen LogP contribution in [0.3, 0.4) is 0 Å². The molecule has 1 rings (SSSR count). The summed E-state index contributed by atoms with van der Waals surface area (Å²) in [6, 6.07) is 0. The van der Waals surface area contributed by atoms with E-state index < -0.39 is 0 Å². The summed E-state index contributed by atoms with van der Waals surface area (Å²) >= 11 is 0. The summed E-state index contributed by atoms with van der Waals surface area (Å²) in [5.74, 6) is 0.990. The van der Waals surface area contributed by atoms with Gasteiger partial charge in [-0.3, -0.25) is 0 Å². The number of likely N-dealkylation sites (tertiary alicyclic amines) is 1. The third-order valence-corrected chi connectivity index (χ3v) is 2.30. The van der Waals surface area contributed by atoms with E-state index in [0.717, 1.165) is 5.92 Å². The van der Waals surface area contributed by atoms with Gasteiger partial charge >= 0.3 is 0 Å². The van der Waals surface area contributed by atoms with Crippen LogP contribution >= 0.6 is 0 Å². The molecule has 0 radical (unpaired) electrons. The van der Waals surface area contributed by atoms with Gasteiger partial charge in [0.1, 0.15) is 0 Å². The van der Waals surface area contributed by atoms with Crippen LogP contribution in [0.15, 0.2) is 0 Å². The van der Waals surface area contributed by atoms with Crippen LogP contribution in [0, 0.1) is 5.92 Å². The van der Waals surface area contributed by atoms with Crippen molar-refractivity contribution in [2.75, 3.05) is 27.2 Å². The van der Waals surface area contributed by atoms with Gasteiger partial charge in [-0.1, -0.05) is 27.2 Å². The van der Waals surface area contributed by atoms with Crippen LogP contribution in [0.2, 0.25) is 0 Å². The molecule has 82 valence electrons. The topological polar surface area (TPSA) is 29.3 Å². The molecule has 1 aliphatic rings. The van der Waals surface area contributed by atoms with Crippen LogP contribution in [-0.2, 0) is 0 Å². The molecule has 1 saturated heterocycles. The van der Waals surface area contributed by atoms with E-state index in [0.29, 0.717) is 0 Å². The molecule has 0 saturated carbocycles. The molecule has 13 heavy (non-hydrogen) atoms. The molecule has 0 spiro atoms.